The van der Waals surface area contributed by atoms with Crippen molar-refractivity contribution in [3.63, 3.8) is 0 Å². The van der Waals surface area contributed by atoms with Gasteiger partial charge in [0.15, 0.2) is 0 Å². The predicted octanol–water partition coefficient (Wildman–Crippen LogP) is 2.74. The number of nitrogens with zero attached hydrogens (tertiary/aromatic N) is 2. The van der Waals surface area contributed by atoms with Gasteiger partial charge in [-0.15, -0.1) is 0 Å². The Hall–Kier alpha value is -1.62. The summed E-state index contributed by atoms with van der Waals surface area (Å²) in [6.07, 6.45) is 0. The number of nitrogen functional groups attached to an aromatic ring is 1. The Morgan fingerprint density at radius 1 is 1.24 bits per heavy atom. The van der Waals surface area contributed by atoms with Gasteiger partial charge in [0.25, 0.3) is 0 Å². The average molecular weight is 293 g/mol. The summed E-state index contributed by atoms with van der Waals surface area (Å²) in [6, 6.07) is 9.99. The summed E-state index contributed by atoms with van der Waals surface area (Å²) in [4.78, 5) is 8.13. The highest BCUT2D eigenvalue weighted by molar-refractivity contribution is 9.10. The van der Waals surface area contributed by atoms with Crippen LogP contribution in [0.1, 0.15) is 11.3 Å². The van der Waals surface area contributed by atoms with Gasteiger partial charge >= 0.3 is 0 Å². The van der Waals surface area contributed by atoms with Crippen LogP contribution in [0.5, 0.6) is 0 Å². The highest BCUT2D eigenvalue weighted by Crippen LogP contribution is 2.12. The Morgan fingerprint density at radius 3 is 2.59 bits per heavy atom. The van der Waals surface area contributed by atoms with Crippen molar-refractivity contribution < 1.29 is 0 Å². The summed E-state index contributed by atoms with van der Waals surface area (Å²) in [5, 5.41) is 3.22. The van der Waals surface area contributed by atoms with E-state index in [1.54, 1.807) is 0 Å². The highest BCUT2D eigenvalue weighted by Gasteiger charge is 1.99. The molecule has 0 radical (unpaired) electrons. The molecule has 88 valence electrons. The molecule has 1 aromatic heterocycles. The molecule has 5 heteroatoms. The van der Waals surface area contributed by atoms with Gasteiger partial charge in [-0.3, -0.25) is 0 Å². The van der Waals surface area contributed by atoms with Crippen LogP contribution in [0, 0.1) is 6.92 Å². The zero-order chi connectivity index (χ0) is 12.3. The Balaban J connectivity index is 2.04. The number of anilines is 2. The van der Waals surface area contributed by atoms with Crippen LogP contribution in [-0.4, -0.2) is 9.97 Å². The summed E-state index contributed by atoms with van der Waals surface area (Å²) in [6.45, 7) is 2.60. The van der Waals surface area contributed by atoms with Gasteiger partial charge in [-0.05, 0) is 24.6 Å². The Bertz CT molecular complexity index is 490. The molecule has 0 saturated carbocycles. The van der Waals surface area contributed by atoms with Crippen LogP contribution in [-0.2, 0) is 6.54 Å². The van der Waals surface area contributed by atoms with Crippen LogP contribution >= 0.6 is 15.9 Å². The zero-order valence-corrected chi connectivity index (χ0v) is 11.0. The lowest BCUT2D eigenvalue weighted by Crippen LogP contribution is -2.05. The maximum absolute atomic E-state index is 5.58. The first-order valence-corrected chi connectivity index (χ1v) is 6.02. The van der Waals surface area contributed by atoms with E-state index in [9.17, 15) is 0 Å². The first-order valence-electron chi connectivity index (χ1n) is 5.23. The van der Waals surface area contributed by atoms with Gasteiger partial charge in [-0.1, -0.05) is 28.1 Å². The van der Waals surface area contributed by atoms with E-state index in [1.165, 1.54) is 5.56 Å². The molecule has 0 unspecified atom stereocenters. The highest BCUT2D eigenvalue weighted by atomic mass is 79.9. The Morgan fingerprint density at radius 2 is 1.94 bits per heavy atom. The molecular weight excluding hydrogens is 280 g/mol. The molecule has 3 N–H and O–H groups in total. The molecule has 1 heterocycles. The van der Waals surface area contributed by atoms with Crippen molar-refractivity contribution in [2.75, 3.05) is 11.1 Å². The lowest BCUT2D eigenvalue weighted by molar-refractivity contribution is 1.06. The van der Waals surface area contributed by atoms with Crippen molar-refractivity contribution in [3.8, 4) is 0 Å². The fraction of sp³-hybridized carbons (Fsp3) is 0.167. The third kappa shape index (κ3) is 3.42. The summed E-state index contributed by atoms with van der Waals surface area (Å²) >= 11 is 3.40. The van der Waals surface area contributed by atoms with E-state index in [1.807, 2.05) is 25.1 Å². The molecule has 2 rings (SSSR count). The lowest BCUT2D eigenvalue weighted by atomic mass is 10.2. The fourth-order valence-corrected chi connectivity index (χ4v) is 1.74. The maximum atomic E-state index is 5.58. The first-order chi connectivity index (χ1) is 8.13. The topological polar surface area (TPSA) is 63.8 Å². The van der Waals surface area contributed by atoms with Gasteiger partial charge < -0.3 is 11.1 Å². The normalized spacial score (nSPS) is 10.2. The molecule has 0 amide bonds. The molecule has 0 atom stereocenters. The van der Waals surface area contributed by atoms with E-state index in [4.69, 9.17) is 5.73 Å². The van der Waals surface area contributed by atoms with Crippen molar-refractivity contribution >= 4 is 27.7 Å². The van der Waals surface area contributed by atoms with Crippen LogP contribution in [0.15, 0.2) is 34.8 Å². The van der Waals surface area contributed by atoms with E-state index in [2.05, 4.69) is 43.3 Å². The smallest absolute Gasteiger partial charge is 0.222 e. The van der Waals surface area contributed by atoms with Crippen molar-refractivity contribution in [1.29, 1.82) is 0 Å². The van der Waals surface area contributed by atoms with Gasteiger partial charge in [0.05, 0.1) is 0 Å². The third-order valence-corrected chi connectivity index (χ3v) is 2.79. The van der Waals surface area contributed by atoms with Crippen LogP contribution < -0.4 is 11.1 Å². The number of hydrogen-bond donors (Lipinski definition) is 2. The number of hydrogen-bond acceptors (Lipinski definition) is 4. The van der Waals surface area contributed by atoms with Crippen molar-refractivity contribution in [2.45, 2.75) is 13.5 Å². The van der Waals surface area contributed by atoms with Gasteiger partial charge in [-0.2, -0.15) is 4.98 Å². The summed E-state index contributed by atoms with van der Waals surface area (Å²) in [5.41, 5.74) is 7.62. The van der Waals surface area contributed by atoms with Crippen LogP contribution in [0.3, 0.4) is 0 Å². The van der Waals surface area contributed by atoms with Crippen molar-refractivity contribution in [1.82, 2.24) is 9.97 Å². The number of nitrogens with two attached hydrogens (primary N) is 1. The van der Waals surface area contributed by atoms with Crippen molar-refractivity contribution in [2.24, 2.45) is 0 Å². The molecule has 2 aromatic rings. The van der Waals surface area contributed by atoms with E-state index in [-0.39, 0.29) is 0 Å². The largest absolute Gasteiger partial charge is 0.368 e. The molecular formula is C12H13BrN4. The Labute approximate surface area is 108 Å². The predicted molar refractivity (Wildman–Crippen MR) is 72.7 cm³/mol. The minimum Gasteiger partial charge on any atom is -0.368 e. The molecule has 0 spiro atoms. The second kappa shape index (κ2) is 5.14. The monoisotopic (exact) mass is 292 g/mol. The quantitative estimate of drug-likeness (QED) is 0.913. The van der Waals surface area contributed by atoms with Crippen LogP contribution in [0.2, 0.25) is 0 Å². The summed E-state index contributed by atoms with van der Waals surface area (Å²) in [5.74, 6) is 1.04. The summed E-state index contributed by atoms with van der Waals surface area (Å²) < 4.78 is 1.07. The summed E-state index contributed by atoms with van der Waals surface area (Å²) in [7, 11) is 0. The Kier molecular flexibility index (Phi) is 3.58. The second-order valence-electron chi connectivity index (χ2n) is 3.73. The number of benzene rings is 1. The number of halogens is 1. The minimum atomic E-state index is 0.295. The van der Waals surface area contributed by atoms with E-state index in [0.29, 0.717) is 12.5 Å². The molecule has 0 aliphatic rings. The van der Waals surface area contributed by atoms with E-state index < -0.39 is 0 Å². The van der Waals surface area contributed by atoms with E-state index in [0.717, 1.165) is 16.0 Å². The van der Waals surface area contributed by atoms with E-state index >= 15 is 0 Å². The number of aryl methyl sites for hydroxylation is 1. The van der Waals surface area contributed by atoms with Gasteiger partial charge in [0.2, 0.25) is 5.95 Å². The molecule has 1 aromatic carbocycles. The molecule has 0 aliphatic carbocycles. The number of rotatable bonds is 3. The molecule has 4 nitrogen and oxygen atoms in total. The average Bonchev–Trinajstić information content (AvgIpc) is 2.27. The molecule has 0 fully saturated rings. The van der Waals surface area contributed by atoms with Crippen LogP contribution in [0.4, 0.5) is 11.8 Å². The third-order valence-electron chi connectivity index (χ3n) is 2.26. The van der Waals surface area contributed by atoms with Crippen LogP contribution in [0.25, 0.3) is 0 Å². The second-order valence-corrected chi connectivity index (χ2v) is 4.65. The maximum Gasteiger partial charge on any atom is 0.222 e. The SMILES string of the molecule is Cc1cc(NCc2ccc(Br)cc2)nc(N)n1. The fourth-order valence-electron chi connectivity index (χ4n) is 1.48. The molecule has 0 aliphatic heterocycles. The minimum absolute atomic E-state index is 0.295. The molecule has 0 saturated heterocycles. The first kappa shape index (κ1) is 11.9. The van der Waals surface area contributed by atoms with Gasteiger partial charge in [0.1, 0.15) is 5.82 Å². The molecule has 17 heavy (non-hydrogen) atoms. The molecule has 0 bridgehead atoms. The number of nitrogens with one attached hydrogen (secondary N) is 1. The van der Waals surface area contributed by atoms with Gasteiger partial charge in [0, 0.05) is 22.8 Å². The van der Waals surface area contributed by atoms with Crippen molar-refractivity contribution in [3.05, 3.63) is 46.1 Å². The number of aromatic nitrogens is 2. The lowest BCUT2D eigenvalue weighted by Gasteiger charge is -2.07. The zero-order valence-electron chi connectivity index (χ0n) is 9.44. The van der Waals surface area contributed by atoms with Gasteiger partial charge in [-0.25, -0.2) is 4.98 Å². The standard InChI is InChI=1S/C12H13BrN4/c1-8-6-11(17-12(14)16-8)15-7-9-2-4-10(13)5-3-9/h2-6H,7H2,1H3,(H3,14,15,16,17).